The molecule has 0 aliphatic carbocycles. The molecule has 1 fully saturated rings. The van der Waals surface area contributed by atoms with Crippen molar-refractivity contribution in [3.05, 3.63) is 10.4 Å². The van der Waals surface area contributed by atoms with Crippen molar-refractivity contribution in [3.8, 4) is 0 Å². The number of nitrogens with zero attached hydrogens (tertiary/aromatic N) is 4. The van der Waals surface area contributed by atoms with Crippen molar-refractivity contribution in [3.63, 3.8) is 0 Å². The van der Waals surface area contributed by atoms with Gasteiger partial charge in [-0.25, -0.2) is 4.79 Å². The number of piperidine rings is 1. The summed E-state index contributed by atoms with van der Waals surface area (Å²) in [6, 6.07) is -0.392. The molecule has 0 saturated carbocycles. The first-order chi connectivity index (χ1) is 9.17. The minimum atomic E-state index is -1.25. The fraction of sp³-hybridized carbons (Fsp3) is 0.923. The highest BCUT2D eigenvalue weighted by molar-refractivity contribution is 5.69. The van der Waals surface area contributed by atoms with E-state index >= 15 is 0 Å². The highest BCUT2D eigenvalue weighted by atomic mass is 16.6. The van der Waals surface area contributed by atoms with E-state index in [1.807, 2.05) is 20.8 Å². The van der Waals surface area contributed by atoms with Crippen molar-refractivity contribution in [1.29, 1.82) is 0 Å². The maximum atomic E-state index is 12.2. The van der Waals surface area contributed by atoms with Gasteiger partial charge >= 0.3 is 6.09 Å². The molecule has 2 atom stereocenters. The second kappa shape index (κ2) is 6.33. The normalized spacial score (nSPS) is 22.6. The number of ether oxygens (including phenoxy) is 1. The molecule has 0 unspecified atom stereocenters. The minimum Gasteiger partial charge on any atom is -0.444 e. The quantitative estimate of drug-likeness (QED) is 0.490. The van der Waals surface area contributed by atoms with Gasteiger partial charge in [-0.05, 0) is 52.5 Å². The zero-order valence-electron chi connectivity index (χ0n) is 12.7. The molecule has 1 rings (SSSR count). The molecular formula is C13H24N4O3. The van der Waals surface area contributed by atoms with Crippen LogP contribution in [0.5, 0.6) is 0 Å². The highest BCUT2D eigenvalue weighted by Gasteiger charge is 2.41. The van der Waals surface area contributed by atoms with Gasteiger partial charge in [0.1, 0.15) is 5.60 Å². The van der Waals surface area contributed by atoms with Gasteiger partial charge in [0.25, 0.3) is 0 Å². The predicted molar refractivity (Wildman–Crippen MR) is 75.2 cm³/mol. The van der Waals surface area contributed by atoms with E-state index in [-0.39, 0.29) is 6.54 Å². The maximum Gasteiger partial charge on any atom is 0.410 e. The maximum absolute atomic E-state index is 12.2. The highest BCUT2D eigenvalue weighted by Crippen LogP contribution is 2.28. The lowest BCUT2D eigenvalue weighted by molar-refractivity contribution is -0.0539. The molecule has 0 bridgehead atoms. The molecule has 20 heavy (non-hydrogen) atoms. The third-order valence-corrected chi connectivity index (χ3v) is 3.30. The van der Waals surface area contributed by atoms with Gasteiger partial charge in [0, 0.05) is 11.5 Å². The van der Waals surface area contributed by atoms with Gasteiger partial charge in [-0.2, -0.15) is 0 Å². The van der Waals surface area contributed by atoms with Gasteiger partial charge < -0.3 is 14.7 Å². The first kappa shape index (κ1) is 16.6. The van der Waals surface area contributed by atoms with Crippen LogP contribution < -0.4 is 0 Å². The van der Waals surface area contributed by atoms with Crippen molar-refractivity contribution in [2.45, 2.75) is 64.2 Å². The Kier molecular flexibility index (Phi) is 5.25. The van der Waals surface area contributed by atoms with Crippen LogP contribution in [0.15, 0.2) is 5.11 Å². The number of hydrogen-bond donors (Lipinski definition) is 1. The number of amides is 1. The Bertz CT molecular complexity index is 397. The van der Waals surface area contributed by atoms with Crippen LogP contribution in [0.4, 0.5) is 4.79 Å². The number of rotatable bonds is 3. The molecule has 1 heterocycles. The predicted octanol–water partition coefficient (Wildman–Crippen LogP) is 2.84. The SMILES string of the molecule is CC(C)(C)OC(=O)N1CCCC[C@@H]1[C@](C)(O)CN=[N+]=[N-]. The first-order valence-electron chi connectivity index (χ1n) is 6.90. The van der Waals surface area contributed by atoms with Gasteiger partial charge in [0.05, 0.1) is 18.2 Å². The Hall–Kier alpha value is -1.46. The summed E-state index contributed by atoms with van der Waals surface area (Å²) in [4.78, 5) is 16.5. The van der Waals surface area contributed by atoms with Gasteiger partial charge in [-0.3, -0.25) is 0 Å². The molecule has 0 aromatic carbocycles. The topological polar surface area (TPSA) is 98.5 Å². The molecule has 1 aliphatic heterocycles. The van der Waals surface area contributed by atoms with Crippen molar-refractivity contribution >= 4 is 6.09 Å². The summed E-state index contributed by atoms with van der Waals surface area (Å²) in [6.45, 7) is 7.50. The Labute approximate surface area is 119 Å². The van der Waals surface area contributed by atoms with E-state index in [9.17, 15) is 9.90 Å². The lowest BCUT2D eigenvalue weighted by atomic mass is 9.88. The average molecular weight is 284 g/mol. The van der Waals surface area contributed by atoms with Crippen LogP contribution in [0.1, 0.15) is 47.0 Å². The van der Waals surface area contributed by atoms with Crippen LogP contribution in [0.25, 0.3) is 10.4 Å². The van der Waals surface area contributed by atoms with Crippen LogP contribution >= 0.6 is 0 Å². The van der Waals surface area contributed by atoms with Crippen molar-refractivity contribution in [1.82, 2.24) is 4.90 Å². The van der Waals surface area contributed by atoms with E-state index in [4.69, 9.17) is 10.3 Å². The van der Waals surface area contributed by atoms with E-state index in [1.165, 1.54) is 0 Å². The smallest absolute Gasteiger partial charge is 0.410 e. The summed E-state index contributed by atoms with van der Waals surface area (Å²) >= 11 is 0. The van der Waals surface area contributed by atoms with Gasteiger partial charge in [0.15, 0.2) is 0 Å². The number of hydrogen-bond acceptors (Lipinski definition) is 4. The van der Waals surface area contributed by atoms with Crippen molar-refractivity contribution < 1.29 is 14.6 Å². The van der Waals surface area contributed by atoms with Crippen LogP contribution in [-0.4, -0.2) is 46.4 Å². The summed E-state index contributed by atoms with van der Waals surface area (Å²) in [6.07, 6.45) is 2.06. The van der Waals surface area contributed by atoms with Crippen molar-refractivity contribution in [2.75, 3.05) is 13.1 Å². The zero-order chi connectivity index (χ0) is 15.4. The minimum absolute atomic E-state index is 0.0620. The third-order valence-electron chi connectivity index (χ3n) is 3.30. The zero-order valence-corrected chi connectivity index (χ0v) is 12.7. The number of likely N-dealkylation sites (tertiary alicyclic amines) is 1. The summed E-state index contributed by atoms with van der Waals surface area (Å²) in [5.41, 5.74) is 6.58. The Morgan fingerprint density at radius 3 is 2.65 bits per heavy atom. The molecule has 114 valence electrons. The molecule has 1 aliphatic rings. The lowest BCUT2D eigenvalue weighted by Crippen LogP contribution is -2.57. The fourth-order valence-electron chi connectivity index (χ4n) is 2.40. The van der Waals surface area contributed by atoms with E-state index in [0.717, 1.165) is 12.8 Å². The van der Waals surface area contributed by atoms with Gasteiger partial charge in [0.2, 0.25) is 0 Å². The Morgan fingerprint density at radius 1 is 1.45 bits per heavy atom. The van der Waals surface area contributed by atoms with Gasteiger partial charge in [-0.15, -0.1) is 0 Å². The molecule has 0 spiro atoms. The summed E-state index contributed by atoms with van der Waals surface area (Å²) in [7, 11) is 0. The summed E-state index contributed by atoms with van der Waals surface area (Å²) in [5.74, 6) is 0. The lowest BCUT2D eigenvalue weighted by Gasteiger charge is -2.43. The first-order valence-corrected chi connectivity index (χ1v) is 6.90. The van der Waals surface area contributed by atoms with Crippen LogP contribution in [0.2, 0.25) is 0 Å². The molecule has 1 N–H and O–H groups in total. The molecule has 0 aromatic heterocycles. The number of aliphatic hydroxyl groups is 1. The average Bonchev–Trinajstić information content (AvgIpc) is 2.34. The second-order valence-electron chi connectivity index (χ2n) is 6.43. The Morgan fingerprint density at radius 2 is 2.10 bits per heavy atom. The van der Waals surface area contributed by atoms with E-state index in [0.29, 0.717) is 13.0 Å². The fourth-order valence-corrected chi connectivity index (χ4v) is 2.40. The van der Waals surface area contributed by atoms with Gasteiger partial charge in [-0.1, -0.05) is 5.11 Å². The standard InChI is InChI=1S/C13H24N4O3/c1-12(2,3)20-11(18)17-8-6-5-7-10(17)13(4,19)9-15-16-14/h10,19H,5-9H2,1-4H3/t10-,13-/m1/s1. The van der Waals surface area contributed by atoms with Crippen LogP contribution in [0, 0.1) is 0 Å². The molecule has 7 heteroatoms. The van der Waals surface area contributed by atoms with Crippen LogP contribution in [-0.2, 0) is 4.74 Å². The molecule has 1 saturated heterocycles. The molecule has 0 aromatic rings. The van der Waals surface area contributed by atoms with E-state index < -0.39 is 23.3 Å². The number of carbonyl (C=O) groups excluding carboxylic acids is 1. The summed E-state index contributed by atoms with van der Waals surface area (Å²) in [5, 5.41) is 13.9. The third kappa shape index (κ3) is 4.58. The second-order valence-corrected chi connectivity index (χ2v) is 6.43. The molecule has 0 radical (unpaired) electrons. The number of azide groups is 1. The molecular weight excluding hydrogens is 260 g/mol. The Balaban J connectivity index is 2.86. The molecule has 7 nitrogen and oxygen atoms in total. The van der Waals surface area contributed by atoms with E-state index in [2.05, 4.69) is 10.0 Å². The largest absolute Gasteiger partial charge is 0.444 e. The summed E-state index contributed by atoms with van der Waals surface area (Å²) < 4.78 is 5.38. The van der Waals surface area contributed by atoms with E-state index in [1.54, 1.807) is 11.8 Å². The van der Waals surface area contributed by atoms with Crippen LogP contribution in [0.3, 0.4) is 0 Å². The number of carbonyl (C=O) groups is 1. The van der Waals surface area contributed by atoms with Crippen molar-refractivity contribution in [2.24, 2.45) is 5.11 Å². The monoisotopic (exact) mass is 284 g/mol. The molecule has 1 amide bonds.